The summed E-state index contributed by atoms with van der Waals surface area (Å²) in [4.78, 5) is 34.8. The molecule has 0 aromatic carbocycles. The zero-order chi connectivity index (χ0) is 38.4. The molecule has 0 radical (unpaired) electrons. The predicted octanol–water partition coefficient (Wildman–Crippen LogP) is 9.91. The minimum atomic E-state index is -4.40. The normalized spacial score (nSPS) is 14.6. The first kappa shape index (κ1) is 49.7. The van der Waals surface area contributed by atoms with E-state index in [1.165, 1.54) is 25.7 Å². The number of ether oxygens (including phenoxy) is 2. The van der Waals surface area contributed by atoms with Crippen molar-refractivity contribution in [2.24, 2.45) is 5.73 Å². The maximum Gasteiger partial charge on any atom is 0.472 e. The largest absolute Gasteiger partial charge is 0.472 e. The number of rotatable bonds is 36. The van der Waals surface area contributed by atoms with Gasteiger partial charge in [0.2, 0.25) is 0 Å². The van der Waals surface area contributed by atoms with Gasteiger partial charge in [-0.05, 0) is 64.2 Å². The number of hydrogen-bond acceptors (Lipinski definition) is 9. The lowest BCUT2D eigenvalue weighted by Gasteiger charge is -2.19. The van der Waals surface area contributed by atoms with Crippen LogP contribution in [0.4, 0.5) is 0 Å². The third-order valence-corrected chi connectivity index (χ3v) is 8.98. The molecule has 10 nitrogen and oxygen atoms in total. The summed E-state index contributed by atoms with van der Waals surface area (Å²) in [5.41, 5.74) is 5.33. The fourth-order valence-electron chi connectivity index (χ4n) is 5.02. The Balaban J connectivity index is 4.33. The highest BCUT2D eigenvalue weighted by Gasteiger charge is 2.26. The van der Waals surface area contributed by atoms with Crippen LogP contribution in [0.3, 0.4) is 0 Å². The third kappa shape index (κ3) is 36.0. The quantitative estimate of drug-likeness (QED) is 0.0185. The van der Waals surface area contributed by atoms with Gasteiger partial charge in [0.05, 0.1) is 19.3 Å². The summed E-state index contributed by atoms with van der Waals surface area (Å²) in [5.74, 6) is -0.928. The summed E-state index contributed by atoms with van der Waals surface area (Å²) in [6, 6.07) is 0. The summed E-state index contributed by atoms with van der Waals surface area (Å²) < 4.78 is 32.6. The summed E-state index contributed by atoms with van der Waals surface area (Å²) in [6.07, 6.45) is 38.4. The van der Waals surface area contributed by atoms with Crippen molar-refractivity contribution in [1.82, 2.24) is 0 Å². The maximum atomic E-state index is 12.5. The van der Waals surface area contributed by atoms with Gasteiger partial charge in [-0.3, -0.25) is 18.6 Å². The molecule has 0 bridgehead atoms. The molecule has 0 amide bonds. The Morgan fingerprint density at radius 3 is 1.96 bits per heavy atom. The first-order valence-corrected chi connectivity index (χ1v) is 21.4. The second-order valence-electron chi connectivity index (χ2n) is 13.0. The van der Waals surface area contributed by atoms with Crippen LogP contribution in [-0.4, -0.2) is 60.5 Å². The Bertz CT molecular complexity index is 1060. The number of carbonyl (C=O) groups is 2. The van der Waals surface area contributed by atoms with Crippen molar-refractivity contribution in [1.29, 1.82) is 0 Å². The highest BCUT2D eigenvalue weighted by molar-refractivity contribution is 7.47. The molecule has 0 saturated heterocycles. The van der Waals surface area contributed by atoms with E-state index in [9.17, 15) is 24.2 Å². The molecule has 2 unspecified atom stereocenters. The molecule has 0 heterocycles. The fraction of sp³-hybridized carbons (Fsp3) is 0.707. The van der Waals surface area contributed by atoms with Crippen LogP contribution < -0.4 is 5.73 Å². The Hall–Kier alpha value is -2.33. The summed E-state index contributed by atoms with van der Waals surface area (Å²) >= 11 is 0. The van der Waals surface area contributed by atoms with Crippen molar-refractivity contribution in [3.63, 3.8) is 0 Å². The lowest BCUT2D eigenvalue weighted by molar-refractivity contribution is -0.161. The van der Waals surface area contributed by atoms with E-state index < -0.39 is 38.6 Å². The Morgan fingerprint density at radius 1 is 0.692 bits per heavy atom. The van der Waals surface area contributed by atoms with Gasteiger partial charge < -0.3 is 25.2 Å². The molecule has 300 valence electrons. The summed E-state index contributed by atoms with van der Waals surface area (Å²) in [5, 5.41) is 10.1. The van der Waals surface area contributed by atoms with Gasteiger partial charge in [0.25, 0.3) is 0 Å². The molecular weight excluding hydrogens is 681 g/mol. The van der Waals surface area contributed by atoms with Gasteiger partial charge in [-0.25, -0.2) is 4.57 Å². The molecule has 4 N–H and O–H groups in total. The minimum Gasteiger partial charge on any atom is -0.462 e. The molecule has 0 aliphatic rings. The van der Waals surface area contributed by atoms with Crippen LogP contribution in [0.25, 0.3) is 0 Å². The van der Waals surface area contributed by atoms with Gasteiger partial charge >= 0.3 is 19.8 Å². The van der Waals surface area contributed by atoms with E-state index in [0.717, 1.165) is 77.0 Å². The van der Waals surface area contributed by atoms with Gasteiger partial charge in [-0.1, -0.05) is 132 Å². The van der Waals surface area contributed by atoms with Gasteiger partial charge in [-0.15, -0.1) is 0 Å². The van der Waals surface area contributed by atoms with E-state index in [-0.39, 0.29) is 32.6 Å². The highest BCUT2D eigenvalue weighted by Crippen LogP contribution is 2.43. The van der Waals surface area contributed by atoms with Crippen LogP contribution in [0.2, 0.25) is 0 Å². The molecule has 0 aliphatic carbocycles. The van der Waals surface area contributed by atoms with Crippen molar-refractivity contribution < 1.29 is 42.7 Å². The number of esters is 2. The first-order valence-electron chi connectivity index (χ1n) is 19.9. The van der Waals surface area contributed by atoms with E-state index in [4.69, 9.17) is 24.3 Å². The Morgan fingerprint density at radius 2 is 1.29 bits per heavy atom. The molecule has 0 aromatic heterocycles. The van der Waals surface area contributed by atoms with E-state index in [1.54, 1.807) is 6.08 Å². The predicted molar refractivity (Wildman–Crippen MR) is 212 cm³/mol. The van der Waals surface area contributed by atoms with Gasteiger partial charge in [0, 0.05) is 19.4 Å². The second kappa shape index (κ2) is 37.0. The van der Waals surface area contributed by atoms with Crippen LogP contribution >= 0.6 is 7.82 Å². The number of hydrogen-bond donors (Lipinski definition) is 3. The van der Waals surface area contributed by atoms with E-state index >= 15 is 0 Å². The van der Waals surface area contributed by atoms with Gasteiger partial charge in [0.15, 0.2) is 6.10 Å². The monoisotopic (exact) mass is 753 g/mol. The molecule has 0 saturated carbocycles. The molecule has 0 rings (SSSR count). The van der Waals surface area contributed by atoms with Gasteiger partial charge in [0.1, 0.15) is 6.61 Å². The van der Waals surface area contributed by atoms with E-state index in [1.807, 2.05) is 18.2 Å². The number of allylic oxidation sites excluding steroid dienone is 9. The maximum absolute atomic E-state index is 12.5. The zero-order valence-electron chi connectivity index (χ0n) is 32.4. The number of nitrogens with two attached hydrogens (primary N) is 1. The first-order chi connectivity index (χ1) is 25.2. The SMILES string of the molecule is CC/C=C/C/C=C/C=C/C(O)CCCCCCCC(=O)O[C@H](COC(=O)CCCCCCC/C=C\C/C=C\CCCCC)COP(=O)(O)OCCN. The average molecular weight is 754 g/mol. The van der Waals surface area contributed by atoms with Crippen LogP contribution in [0.15, 0.2) is 60.8 Å². The number of unbranched alkanes of at least 4 members (excludes halogenated alkanes) is 12. The van der Waals surface area contributed by atoms with Crippen LogP contribution in [-0.2, 0) is 32.7 Å². The second-order valence-corrected chi connectivity index (χ2v) is 14.4. The van der Waals surface area contributed by atoms with Crippen molar-refractivity contribution >= 4 is 19.8 Å². The highest BCUT2D eigenvalue weighted by atomic mass is 31.2. The minimum absolute atomic E-state index is 0.0325. The molecule has 0 aliphatic heterocycles. The summed E-state index contributed by atoms with van der Waals surface area (Å²) in [6.45, 7) is 3.42. The molecule has 3 atom stereocenters. The smallest absolute Gasteiger partial charge is 0.462 e. The number of carbonyl (C=O) groups excluding carboxylic acids is 2. The average Bonchev–Trinajstić information content (AvgIpc) is 3.12. The fourth-order valence-corrected chi connectivity index (χ4v) is 5.79. The van der Waals surface area contributed by atoms with Crippen LogP contribution in [0.5, 0.6) is 0 Å². The Kier molecular flexibility index (Phi) is 35.3. The molecule has 0 fully saturated rings. The number of aliphatic hydroxyl groups is 1. The third-order valence-electron chi connectivity index (χ3n) is 7.99. The van der Waals surface area contributed by atoms with Crippen molar-refractivity contribution in [2.75, 3.05) is 26.4 Å². The van der Waals surface area contributed by atoms with Crippen molar-refractivity contribution in [3.8, 4) is 0 Å². The van der Waals surface area contributed by atoms with Crippen molar-refractivity contribution in [3.05, 3.63) is 60.8 Å². The molecule has 0 spiro atoms. The molecule has 0 aromatic rings. The standard InChI is InChI=1S/C41H72NO9P/c1-3-5-7-9-11-12-13-14-15-16-17-18-20-24-28-32-40(44)48-36-39(37-50-52(46,47)49-35-34-42)51-41(45)33-29-25-21-23-27-31-38(43)30-26-22-19-10-8-6-4-2/h6,8,11-12,14-15,19,22,26,30,38-39,43H,3-5,7,9-10,13,16-18,20-21,23-25,27-29,31-37,42H2,1-2H3,(H,46,47)/b8-6+,12-11-,15-14-,22-19+,30-26+/t38?,39-/m1/s1. The lowest BCUT2D eigenvalue weighted by Crippen LogP contribution is -2.29. The zero-order valence-corrected chi connectivity index (χ0v) is 33.3. The van der Waals surface area contributed by atoms with Gasteiger partial charge in [-0.2, -0.15) is 0 Å². The van der Waals surface area contributed by atoms with Crippen LogP contribution in [0.1, 0.15) is 149 Å². The molecular formula is C41H72NO9P. The number of aliphatic hydroxyl groups excluding tert-OH is 1. The van der Waals surface area contributed by atoms with E-state index in [0.29, 0.717) is 19.3 Å². The van der Waals surface area contributed by atoms with Crippen LogP contribution in [0, 0.1) is 0 Å². The number of phosphoric acid groups is 1. The molecule has 52 heavy (non-hydrogen) atoms. The lowest BCUT2D eigenvalue weighted by atomic mass is 10.1. The Labute approximate surface area is 315 Å². The summed E-state index contributed by atoms with van der Waals surface area (Å²) in [7, 11) is -4.40. The molecule has 11 heteroatoms. The number of phosphoric ester groups is 1. The van der Waals surface area contributed by atoms with Crippen molar-refractivity contribution in [2.45, 2.75) is 161 Å². The topological polar surface area (TPSA) is 155 Å². The van der Waals surface area contributed by atoms with E-state index in [2.05, 4.69) is 50.3 Å².